The lowest BCUT2D eigenvalue weighted by Gasteiger charge is -2.36. The number of piperidine rings is 1. The van der Waals surface area contributed by atoms with Crippen LogP contribution in [0.4, 0.5) is 4.79 Å². The van der Waals surface area contributed by atoms with Gasteiger partial charge in [0, 0.05) is 32.2 Å². The van der Waals surface area contributed by atoms with Gasteiger partial charge >= 0.3 is 12.0 Å². The van der Waals surface area contributed by atoms with Crippen molar-refractivity contribution in [1.82, 2.24) is 15.1 Å². The molecule has 0 atom stereocenters. The molecule has 2 fully saturated rings. The van der Waals surface area contributed by atoms with Crippen LogP contribution in [-0.2, 0) is 4.79 Å². The third kappa shape index (κ3) is 4.09. The Morgan fingerprint density at radius 1 is 1.33 bits per heavy atom. The molecule has 1 aliphatic carbocycles. The molecule has 6 heteroatoms. The van der Waals surface area contributed by atoms with Gasteiger partial charge in [0.15, 0.2) is 0 Å². The van der Waals surface area contributed by atoms with Gasteiger partial charge in [0.1, 0.15) is 0 Å². The number of amides is 2. The molecule has 2 rings (SSSR count). The predicted molar refractivity (Wildman–Crippen MR) is 80.2 cm³/mol. The van der Waals surface area contributed by atoms with Crippen LogP contribution < -0.4 is 5.32 Å². The molecule has 21 heavy (non-hydrogen) atoms. The van der Waals surface area contributed by atoms with E-state index >= 15 is 0 Å². The first-order valence-electron chi connectivity index (χ1n) is 7.96. The Morgan fingerprint density at radius 2 is 1.95 bits per heavy atom. The fraction of sp³-hybridized carbons (Fsp3) is 0.867. The maximum atomic E-state index is 12.1. The van der Waals surface area contributed by atoms with E-state index in [9.17, 15) is 14.7 Å². The average molecular weight is 297 g/mol. The van der Waals surface area contributed by atoms with Crippen molar-refractivity contribution in [2.45, 2.75) is 45.6 Å². The number of carbonyl (C=O) groups is 2. The summed E-state index contributed by atoms with van der Waals surface area (Å²) in [4.78, 5) is 27.4. The Hall–Kier alpha value is -1.30. The fourth-order valence-electron chi connectivity index (χ4n) is 2.87. The largest absolute Gasteiger partial charge is 0.481 e. The highest BCUT2D eigenvalue weighted by Crippen LogP contribution is 2.31. The molecule has 1 heterocycles. The van der Waals surface area contributed by atoms with Crippen molar-refractivity contribution < 1.29 is 14.7 Å². The van der Waals surface area contributed by atoms with Crippen LogP contribution in [0.3, 0.4) is 0 Å². The number of likely N-dealkylation sites (N-methyl/N-ethyl adjacent to an activating group) is 1. The van der Waals surface area contributed by atoms with Gasteiger partial charge in [0.2, 0.25) is 0 Å². The minimum absolute atomic E-state index is 0.0608. The zero-order chi connectivity index (χ0) is 15.5. The van der Waals surface area contributed by atoms with Crippen LogP contribution in [0.5, 0.6) is 0 Å². The van der Waals surface area contributed by atoms with E-state index in [0.29, 0.717) is 32.5 Å². The first kappa shape index (κ1) is 16.1. The number of nitrogens with zero attached hydrogens (tertiary/aromatic N) is 2. The Kier molecular flexibility index (Phi) is 5.08. The van der Waals surface area contributed by atoms with Gasteiger partial charge in [-0.25, -0.2) is 4.79 Å². The third-order valence-corrected chi connectivity index (χ3v) is 4.82. The quantitative estimate of drug-likeness (QED) is 0.776. The average Bonchev–Trinajstić information content (AvgIpc) is 3.28. The number of urea groups is 1. The highest BCUT2D eigenvalue weighted by Gasteiger charge is 2.38. The normalized spacial score (nSPS) is 21.4. The summed E-state index contributed by atoms with van der Waals surface area (Å²) in [6.45, 7) is 7.55. The lowest BCUT2D eigenvalue weighted by molar-refractivity contribution is -0.150. The maximum absolute atomic E-state index is 12.1. The van der Waals surface area contributed by atoms with Gasteiger partial charge in [-0.2, -0.15) is 0 Å². The van der Waals surface area contributed by atoms with E-state index in [1.54, 1.807) is 11.8 Å². The second kappa shape index (κ2) is 6.64. The second-order valence-corrected chi connectivity index (χ2v) is 6.44. The Bertz CT molecular complexity index is 388. The Morgan fingerprint density at radius 3 is 2.43 bits per heavy atom. The van der Waals surface area contributed by atoms with Gasteiger partial charge in [0.25, 0.3) is 0 Å². The number of hydrogen-bond acceptors (Lipinski definition) is 3. The highest BCUT2D eigenvalue weighted by atomic mass is 16.4. The summed E-state index contributed by atoms with van der Waals surface area (Å²) in [7, 11) is 0. The summed E-state index contributed by atoms with van der Waals surface area (Å²) in [5.41, 5.74) is -0.679. The number of carboxylic acid groups (broad SMARTS) is 1. The summed E-state index contributed by atoms with van der Waals surface area (Å²) in [5, 5.41) is 12.1. The fourth-order valence-corrected chi connectivity index (χ4v) is 2.87. The van der Waals surface area contributed by atoms with Gasteiger partial charge < -0.3 is 15.3 Å². The van der Waals surface area contributed by atoms with Crippen LogP contribution in [0.25, 0.3) is 0 Å². The molecule has 0 radical (unpaired) electrons. The zero-order valence-corrected chi connectivity index (χ0v) is 13.1. The smallest absolute Gasteiger partial charge is 0.317 e. The van der Waals surface area contributed by atoms with Gasteiger partial charge in [-0.15, -0.1) is 0 Å². The van der Waals surface area contributed by atoms with Crippen LogP contribution >= 0.6 is 0 Å². The van der Waals surface area contributed by atoms with E-state index in [2.05, 4.69) is 17.1 Å². The summed E-state index contributed by atoms with van der Waals surface area (Å²) in [6.07, 6.45) is 3.61. The van der Waals surface area contributed by atoms with Crippen molar-refractivity contribution in [3.05, 3.63) is 0 Å². The number of rotatable bonds is 6. The number of nitrogens with one attached hydrogen (secondary N) is 1. The van der Waals surface area contributed by atoms with Gasteiger partial charge in [-0.1, -0.05) is 6.92 Å². The summed E-state index contributed by atoms with van der Waals surface area (Å²) in [5.74, 6) is -0.759. The van der Waals surface area contributed by atoms with Gasteiger partial charge in [0.05, 0.1) is 5.41 Å². The summed E-state index contributed by atoms with van der Waals surface area (Å²) >= 11 is 0. The molecular weight excluding hydrogens is 270 g/mol. The monoisotopic (exact) mass is 297 g/mol. The molecular formula is C15H27N3O3. The van der Waals surface area contributed by atoms with Crippen molar-refractivity contribution in [2.75, 3.05) is 32.7 Å². The van der Waals surface area contributed by atoms with E-state index in [4.69, 9.17) is 0 Å². The van der Waals surface area contributed by atoms with Crippen molar-refractivity contribution >= 4 is 12.0 Å². The molecule has 0 unspecified atom stereocenters. The first-order chi connectivity index (χ1) is 9.96. The van der Waals surface area contributed by atoms with E-state index in [1.165, 1.54) is 12.8 Å². The minimum atomic E-state index is -0.759. The van der Waals surface area contributed by atoms with Crippen LogP contribution in [0.15, 0.2) is 0 Å². The topological polar surface area (TPSA) is 72.9 Å². The standard InChI is InChI=1S/C15H27N3O3/c1-3-17(12-4-5-12)11-8-16-14(21)18-9-6-15(2,7-10-18)13(19)20/h12H,3-11H2,1-2H3,(H,16,21)(H,19,20). The predicted octanol–water partition coefficient (Wildman–Crippen LogP) is 1.37. The Balaban J connectivity index is 1.68. The van der Waals surface area contributed by atoms with Crippen LogP contribution in [0, 0.1) is 5.41 Å². The molecule has 6 nitrogen and oxygen atoms in total. The highest BCUT2D eigenvalue weighted by molar-refractivity contribution is 5.76. The molecule has 0 aromatic heterocycles. The van der Waals surface area contributed by atoms with Crippen molar-refractivity contribution in [3.63, 3.8) is 0 Å². The molecule has 2 aliphatic rings. The number of carbonyl (C=O) groups excluding carboxylic acids is 1. The van der Waals surface area contributed by atoms with Crippen molar-refractivity contribution in [2.24, 2.45) is 5.41 Å². The lowest BCUT2D eigenvalue weighted by atomic mass is 9.80. The number of likely N-dealkylation sites (tertiary alicyclic amines) is 1. The van der Waals surface area contributed by atoms with Gasteiger partial charge in [-0.05, 0) is 39.2 Å². The molecule has 1 saturated heterocycles. The van der Waals surface area contributed by atoms with Crippen LogP contribution in [-0.4, -0.2) is 65.7 Å². The molecule has 0 spiro atoms. The number of carboxylic acids is 1. The molecule has 0 aromatic rings. The molecule has 1 aliphatic heterocycles. The SMILES string of the molecule is CCN(CCNC(=O)N1CCC(C)(C(=O)O)CC1)C1CC1. The molecule has 120 valence electrons. The van der Waals surface area contributed by atoms with Crippen LogP contribution in [0.1, 0.15) is 39.5 Å². The van der Waals surface area contributed by atoms with Crippen molar-refractivity contribution in [1.29, 1.82) is 0 Å². The third-order valence-electron chi connectivity index (χ3n) is 4.82. The molecule has 2 amide bonds. The van der Waals surface area contributed by atoms with Crippen molar-refractivity contribution in [3.8, 4) is 0 Å². The maximum Gasteiger partial charge on any atom is 0.317 e. The van der Waals surface area contributed by atoms with E-state index < -0.39 is 11.4 Å². The van der Waals surface area contributed by atoms with E-state index in [0.717, 1.165) is 19.1 Å². The molecule has 0 bridgehead atoms. The van der Waals surface area contributed by atoms with E-state index in [1.807, 2.05) is 0 Å². The molecule has 1 saturated carbocycles. The number of aliphatic carboxylic acids is 1. The summed E-state index contributed by atoms with van der Waals surface area (Å²) in [6, 6.07) is 0.660. The minimum Gasteiger partial charge on any atom is -0.481 e. The second-order valence-electron chi connectivity index (χ2n) is 6.44. The Labute approximate surface area is 126 Å². The first-order valence-corrected chi connectivity index (χ1v) is 7.96. The zero-order valence-electron chi connectivity index (χ0n) is 13.1. The van der Waals surface area contributed by atoms with E-state index in [-0.39, 0.29) is 6.03 Å². The van der Waals surface area contributed by atoms with Crippen LogP contribution in [0.2, 0.25) is 0 Å². The lowest BCUT2D eigenvalue weighted by Crippen LogP contribution is -2.49. The summed E-state index contributed by atoms with van der Waals surface area (Å²) < 4.78 is 0. The molecule has 2 N–H and O–H groups in total. The number of hydrogen-bond donors (Lipinski definition) is 2. The molecule has 0 aromatic carbocycles. The van der Waals surface area contributed by atoms with Gasteiger partial charge in [-0.3, -0.25) is 9.69 Å².